The molecular formula is C32H35N5O6. The number of esters is 1. The lowest BCUT2D eigenvalue weighted by molar-refractivity contribution is -0.157. The minimum atomic E-state index is -1.26. The van der Waals surface area contributed by atoms with E-state index >= 15 is 0 Å². The molecule has 6 rings (SSSR count). The van der Waals surface area contributed by atoms with Gasteiger partial charge in [-0.05, 0) is 37.0 Å². The largest absolute Gasteiger partial charge is 0.465 e. The minimum Gasteiger partial charge on any atom is -0.465 e. The molecule has 0 saturated carbocycles. The average Bonchev–Trinajstić information content (AvgIpc) is 3.78. The average molecular weight is 586 g/mol. The van der Waals surface area contributed by atoms with E-state index in [2.05, 4.69) is 23.5 Å². The molecule has 6 atom stereocenters. The van der Waals surface area contributed by atoms with Gasteiger partial charge in [-0.25, -0.2) is 4.68 Å². The van der Waals surface area contributed by atoms with Crippen molar-refractivity contribution in [1.29, 1.82) is 0 Å². The number of nitrogens with zero attached hydrogens (tertiary/aromatic N) is 5. The lowest BCUT2D eigenvalue weighted by Crippen LogP contribution is -2.57. The fourth-order valence-electron chi connectivity index (χ4n) is 7.07. The van der Waals surface area contributed by atoms with E-state index in [9.17, 15) is 19.5 Å². The fraction of sp³-hybridized carbons (Fsp3) is 0.406. The van der Waals surface area contributed by atoms with Crippen LogP contribution in [0.1, 0.15) is 30.9 Å². The molecule has 2 amide bonds. The van der Waals surface area contributed by atoms with Gasteiger partial charge in [0.15, 0.2) is 0 Å². The number of aromatic nitrogens is 3. The third-order valence-corrected chi connectivity index (χ3v) is 8.89. The lowest BCUT2D eigenvalue weighted by atomic mass is 9.70. The zero-order chi connectivity index (χ0) is 30.1. The summed E-state index contributed by atoms with van der Waals surface area (Å²) in [6.07, 6.45) is 4.13. The Kier molecular flexibility index (Phi) is 7.85. The number of ether oxygens (including phenoxy) is 2. The summed E-state index contributed by atoms with van der Waals surface area (Å²) in [5.74, 6) is -3.08. The Hall–Kier alpha value is -4.35. The van der Waals surface area contributed by atoms with Crippen molar-refractivity contribution in [1.82, 2.24) is 24.8 Å². The van der Waals surface area contributed by atoms with Crippen molar-refractivity contribution in [2.24, 2.45) is 11.8 Å². The number of carbonyl (C=O) groups excluding carboxylic acids is 3. The fourth-order valence-corrected chi connectivity index (χ4v) is 7.07. The number of para-hydroxylation sites is 1. The summed E-state index contributed by atoms with van der Waals surface area (Å²) in [5.41, 5.74) is 0.847. The van der Waals surface area contributed by atoms with Gasteiger partial charge in [-0.1, -0.05) is 59.8 Å². The predicted octanol–water partition coefficient (Wildman–Crippen LogP) is 2.63. The van der Waals surface area contributed by atoms with Gasteiger partial charge in [0.2, 0.25) is 11.8 Å². The smallest absolute Gasteiger partial charge is 0.312 e. The Bertz CT molecular complexity index is 1540. The molecular weight excluding hydrogens is 550 g/mol. The van der Waals surface area contributed by atoms with Crippen LogP contribution in [0.5, 0.6) is 0 Å². The molecule has 2 aromatic carbocycles. The van der Waals surface area contributed by atoms with E-state index in [1.165, 1.54) is 4.90 Å². The highest BCUT2D eigenvalue weighted by Gasteiger charge is 2.75. The second-order valence-electron chi connectivity index (χ2n) is 11.2. The summed E-state index contributed by atoms with van der Waals surface area (Å²) in [7, 11) is 0. The summed E-state index contributed by atoms with van der Waals surface area (Å²) < 4.78 is 13.7. The maximum absolute atomic E-state index is 14.8. The first-order valence-electron chi connectivity index (χ1n) is 14.6. The zero-order valence-electron chi connectivity index (χ0n) is 23.8. The van der Waals surface area contributed by atoms with Crippen LogP contribution < -0.4 is 0 Å². The topological polar surface area (TPSA) is 127 Å². The van der Waals surface area contributed by atoms with E-state index in [0.717, 1.165) is 5.52 Å². The van der Waals surface area contributed by atoms with Gasteiger partial charge in [0.1, 0.15) is 23.8 Å². The maximum atomic E-state index is 14.8. The van der Waals surface area contributed by atoms with Crippen molar-refractivity contribution >= 4 is 28.8 Å². The molecule has 3 aliphatic heterocycles. The summed E-state index contributed by atoms with van der Waals surface area (Å²) in [4.78, 5) is 45.6. The Morgan fingerprint density at radius 3 is 2.67 bits per heavy atom. The number of amides is 2. The molecule has 2 bridgehead atoms. The van der Waals surface area contributed by atoms with Crippen molar-refractivity contribution in [3.8, 4) is 0 Å². The van der Waals surface area contributed by atoms with Crippen molar-refractivity contribution in [2.75, 3.05) is 19.8 Å². The highest BCUT2D eigenvalue weighted by Crippen LogP contribution is 2.60. The molecule has 1 N–H and O–H groups in total. The number of likely N-dealkylation sites (tertiary alicyclic amines) is 1. The van der Waals surface area contributed by atoms with Crippen LogP contribution in [0.25, 0.3) is 11.0 Å². The van der Waals surface area contributed by atoms with Crippen LogP contribution in [0.4, 0.5) is 0 Å². The molecule has 224 valence electrons. The van der Waals surface area contributed by atoms with Crippen LogP contribution in [-0.4, -0.2) is 85.2 Å². The van der Waals surface area contributed by atoms with Gasteiger partial charge in [0.05, 0.1) is 42.7 Å². The van der Waals surface area contributed by atoms with E-state index in [1.54, 1.807) is 21.7 Å². The first-order chi connectivity index (χ1) is 20.9. The molecule has 0 aliphatic carbocycles. The summed E-state index contributed by atoms with van der Waals surface area (Å²) in [5, 5.41) is 19.2. The molecule has 3 aliphatic rings. The first-order valence-corrected chi connectivity index (χ1v) is 14.6. The van der Waals surface area contributed by atoms with Crippen molar-refractivity contribution in [3.05, 3.63) is 85.5 Å². The van der Waals surface area contributed by atoms with Crippen LogP contribution in [0.2, 0.25) is 0 Å². The Morgan fingerprint density at radius 2 is 1.93 bits per heavy atom. The number of benzene rings is 2. The van der Waals surface area contributed by atoms with E-state index < -0.39 is 54.1 Å². The lowest BCUT2D eigenvalue weighted by Gasteiger charge is -2.39. The number of hydrogen-bond donors (Lipinski definition) is 1. The molecule has 2 unspecified atom stereocenters. The molecule has 43 heavy (non-hydrogen) atoms. The Balaban J connectivity index is 1.41. The SMILES string of the molecule is C=CCCOC(=O)[C@@H]1[C@@H]2CCC3(O2)C(C(=O)N(CC=C)Cn2nnc4ccccc42)N([C@H](CO)c2ccccc2)C(=O)[C@H]13. The van der Waals surface area contributed by atoms with Gasteiger partial charge >= 0.3 is 5.97 Å². The predicted molar refractivity (Wildman–Crippen MR) is 156 cm³/mol. The highest BCUT2D eigenvalue weighted by atomic mass is 16.6. The van der Waals surface area contributed by atoms with Gasteiger partial charge in [-0.15, -0.1) is 18.3 Å². The van der Waals surface area contributed by atoms with Gasteiger partial charge in [0, 0.05) is 6.54 Å². The van der Waals surface area contributed by atoms with Gasteiger partial charge in [-0.2, -0.15) is 0 Å². The highest BCUT2D eigenvalue weighted by molar-refractivity contribution is 5.98. The van der Waals surface area contributed by atoms with Crippen LogP contribution in [-0.2, 0) is 30.5 Å². The number of aliphatic hydroxyl groups is 1. The Morgan fingerprint density at radius 1 is 1.16 bits per heavy atom. The number of rotatable bonds is 12. The van der Waals surface area contributed by atoms with Crippen molar-refractivity contribution in [2.45, 2.75) is 49.7 Å². The quantitative estimate of drug-likeness (QED) is 0.195. The van der Waals surface area contributed by atoms with Gasteiger partial charge in [0.25, 0.3) is 0 Å². The van der Waals surface area contributed by atoms with Crippen molar-refractivity contribution in [3.63, 3.8) is 0 Å². The minimum absolute atomic E-state index is 0.0518. The molecule has 11 heteroatoms. The third kappa shape index (κ3) is 4.72. The van der Waals surface area contributed by atoms with Gasteiger partial charge in [-0.3, -0.25) is 14.4 Å². The number of fused-ring (bicyclic) bond motifs is 2. The van der Waals surface area contributed by atoms with Crippen LogP contribution in [0.15, 0.2) is 79.9 Å². The standard InChI is InChI=1S/C32H35N5O6/c1-3-5-18-42-31(41)26-25-15-16-32(43-25)27(26)29(39)37(24(19-38)21-11-7-6-8-12-21)28(32)30(40)35(17-4-2)20-36-23-14-10-9-13-22(23)33-34-36/h3-4,6-14,24-28,38H,1-2,5,15-20H2/t24-,25+,26-,27+,28?,32?/m1/s1. The molecule has 1 aromatic heterocycles. The monoisotopic (exact) mass is 585 g/mol. The second-order valence-corrected chi connectivity index (χ2v) is 11.2. The molecule has 3 fully saturated rings. The van der Waals surface area contributed by atoms with E-state index in [4.69, 9.17) is 9.47 Å². The Labute approximate surface area is 249 Å². The van der Waals surface area contributed by atoms with E-state index in [-0.39, 0.29) is 25.7 Å². The van der Waals surface area contributed by atoms with Crippen LogP contribution in [0.3, 0.4) is 0 Å². The van der Waals surface area contributed by atoms with Crippen molar-refractivity contribution < 1.29 is 29.0 Å². The molecule has 3 aromatic rings. The van der Waals surface area contributed by atoms with Gasteiger partial charge < -0.3 is 24.4 Å². The van der Waals surface area contributed by atoms with E-state index in [0.29, 0.717) is 30.3 Å². The normalized spacial score (nSPS) is 26.3. The number of aliphatic hydroxyl groups excluding tert-OH is 1. The van der Waals surface area contributed by atoms with E-state index in [1.807, 2.05) is 54.6 Å². The molecule has 0 radical (unpaired) electrons. The summed E-state index contributed by atoms with van der Waals surface area (Å²) >= 11 is 0. The van der Waals surface area contributed by atoms with Crippen LogP contribution in [0, 0.1) is 11.8 Å². The zero-order valence-corrected chi connectivity index (χ0v) is 23.8. The van der Waals surface area contributed by atoms with Crippen LogP contribution >= 0.6 is 0 Å². The molecule has 3 saturated heterocycles. The summed E-state index contributed by atoms with van der Waals surface area (Å²) in [6.45, 7) is 7.47. The number of carbonyl (C=O) groups is 3. The summed E-state index contributed by atoms with van der Waals surface area (Å²) in [6, 6.07) is 14.6. The number of hydrogen-bond acceptors (Lipinski definition) is 8. The second kappa shape index (κ2) is 11.7. The molecule has 1 spiro atoms. The third-order valence-electron chi connectivity index (χ3n) is 8.89. The molecule has 11 nitrogen and oxygen atoms in total. The maximum Gasteiger partial charge on any atom is 0.312 e. The molecule has 4 heterocycles. The first kappa shape index (κ1) is 28.8.